The number of nitrogens with two attached hydrogens (primary N) is 1. The van der Waals surface area contributed by atoms with Crippen LogP contribution in [0.2, 0.25) is 5.15 Å². The molecule has 0 unspecified atom stereocenters. The van der Waals surface area contributed by atoms with Gasteiger partial charge in [-0.1, -0.05) is 11.6 Å². The number of aryl methyl sites for hydroxylation is 1. The number of hydrogen-bond acceptors (Lipinski definition) is 6. The van der Waals surface area contributed by atoms with Crippen LogP contribution in [0, 0.1) is 6.92 Å². The van der Waals surface area contributed by atoms with Gasteiger partial charge in [0.2, 0.25) is 0 Å². The lowest BCUT2D eigenvalue weighted by molar-refractivity contribution is 0.0999. The fraction of sp³-hybridized carbons (Fsp3) is 0.118. The van der Waals surface area contributed by atoms with Gasteiger partial charge in [0.15, 0.2) is 16.6 Å². The number of aromatic nitrogens is 5. The van der Waals surface area contributed by atoms with Crippen LogP contribution in [-0.4, -0.2) is 30.4 Å². The van der Waals surface area contributed by atoms with Crippen molar-refractivity contribution in [1.29, 1.82) is 0 Å². The number of carbonyl (C=O) groups excluding carboxylic acids is 1. The van der Waals surface area contributed by atoms with Gasteiger partial charge in [0.05, 0.1) is 11.2 Å². The second-order valence-corrected chi connectivity index (χ2v) is 7.06. The van der Waals surface area contributed by atoms with Crippen LogP contribution in [0.25, 0.3) is 27.6 Å². The molecular formula is C17H11ClF2N6OS. The summed E-state index contributed by atoms with van der Waals surface area (Å²) in [7, 11) is 0. The van der Waals surface area contributed by atoms with Crippen LogP contribution < -0.4 is 5.73 Å². The van der Waals surface area contributed by atoms with E-state index in [-0.39, 0.29) is 33.3 Å². The number of nitrogens with zero attached hydrogens (tertiary/aromatic N) is 5. The molecule has 4 aromatic rings. The molecule has 0 saturated carbocycles. The van der Waals surface area contributed by atoms with Crippen molar-refractivity contribution in [3.05, 3.63) is 52.0 Å². The number of thiazole rings is 1. The van der Waals surface area contributed by atoms with E-state index in [1.807, 2.05) is 0 Å². The Hall–Kier alpha value is -2.98. The molecule has 0 fully saturated rings. The van der Waals surface area contributed by atoms with Gasteiger partial charge in [-0.3, -0.25) is 14.3 Å². The van der Waals surface area contributed by atoms with E-state index in [1.165, 1.54) is 34.5 Å². The minimum Gasteiger partial charge on any atom is -0.365 e. The minimum absolute atomic E-state index is 0.0286. The molecule has 2 N–H and O–H groups in total. The van der Waals surface area contributed by atoms with Gasteiger partial charge in [0.1, 0.15) is 10.7 Å². The Kier molecular flexibility index (Phi) is 4.52. The van der Waals surface area contributed by atoms with Crippen LogP contribution in [0.15, 0.2) is 30.0 Å². The lowest BCUT2D eigenvalue weighted by Crippen LogP contribution is -2.19. The van der Waals surface area contributed by atoms with Gasteiger partial charge in [-0.15, -0.1) is 11.3 Å². The minimum atomic E-state index is -2.73. The normalized spacial score (nSPS) is 11.5. The highest BCUT2D eigenvalue weighted by Crippen LogP contribution is 2.33. The van der Waals surface area contributed by atoms with Gasteiger partial charge in [0.25, 0.3) is 12.3 Å². The molecule has 0 radical (unpaired) electrons. The Morgan fingerprint density at radius 1 is 1.32 bits per heavy atom. The van der Waals surface area contributed by atoms with Gasteiger partial charge in [-0.25, -0.2) is 23.7 Å². The van der Waals surface area contributed by atoms with Gasteiger partial charge >= 0.3 is 0 Å². The Morgan fingerprint density at radius 2 is 2.11 bits per heavy atom. The van der Waals surface area contributed by atoms with Crippen LogP contribution >= 0.6 is 22.9 Å². The molecular weight excluding hydrogens is 410 g/mol. The highest BCUT2D eigenvalue weighted by atomic mass is 35.5. The number of carbonyl (C=O) groups is 1. The number of primary amides is 1. The van der Waals surface area contributed by atoms with E-state index in [0.717, 1.165) is 0 Å². The summed E-state index contributed by atoms with van der Waals surface area (Å²) in [6, 6.07) is 1.56. The van der Waals surface area contributed by atoms with Gasteiger partial charge in [-0.05, 0) is 13.0 Å². The van der Waals surface area contributed by atoms with Crippen molar-refractivity contribution in [2.45, 2.75) is 13.3 Å². The van der Waals surface area contributed by atoms with E-state index in [4.69, 9.17) is 17.3 Å². The number of rotatable bonds is 4. The van der Waals surface area contributed by atoms with Crippen molar-refractivity contribution < 1.29 is 13.6 Å². The van der Waals surface area contributed by atoms with Crippen LogP contribution in [0.5, 0.6) is 0 Å². The first kappa shape index (κ1) is 18.4. The van der Waals surface area contributed by atoms with E-state index in [1.54, 1.807) is 18.4 Å². The average molecular weight is 421 g/mol. The molecule has 0 atom stereocenters. The van der Waals surface area contributed by atoms with E-state index in [2.05, 4.69) is 19.9 Å². The summed E-state index contributed by atoms with van der Waals surface area (Å²) in [4.78, 5) is 28.8. The Morgan fingerprint density at radius 3 is 2.75 bits per heavy atom. The lowest BCUT2D eigenvalue weighted by atomic mass is 10.2. The van der Waals surface area contributed by atoms with Crippen LogP contribution in [0.4, 0.5) is 8.78 Å². The molecule has 28 heavy (non-hydrogen) atoms. The number of hydrogen-bond donors (Lipinski definition) is 1. The maximum atomic E-state index is 13.5. The van der Waals surface area contributed by atoms with Crippen LogP contribution in [-0.2, 0) is 0 Å². The molecule has 7 nitrogen and oxygen atoms in total. The van der Waals surface area contributed by atoms with Crippen LogP contribution in [0.1, 0.15) is 28.0 Å². The van der Waals surface area contributed by atoms with E-state index in [0.29, 0.717) is 16.2 Å². The van der Waals surface area contributed by atoms with Gasteiger partial charge in [0, 0.05) is 34.9 Å². The largest absolute Gasteiger partial charge is 0.365 e. The van der Waals surface area contributed by atoms with E-state index in [9.17, 15) is 13.6 Å². The maximum absolute atomic E-state index is 13.5. The second-order valence-electron chi connectivity index (χ2n) is 5.82. The Bertz CT molecular complexity index is 1220. The van der Waals surface area contributed by atoms with Crippen LogP contribution in [0.3, 0.4) is 0 Å². The first-order chi connectivity index (χ1) is 13.4. The van der Waals surface area contributed by atoms with Crippen molar-refractivity contribution in [2.75, 3.05) is 0 Å². The smallest absolute Gasteiger partial charge is 0.265 e. The SMILES string of the molecule is Cc1nc(-c2nc(Cl)cs2)nc(-n2cc(C(F)F)c3cnccc32)c1C(N)=O. The zero-order valence-electron chi connectivity index (χ0n) is 14.2. The number of halogens is 3. The fourth-order valence-electron chi connectivity index (χ4n) is 2.92. The summed E-state index contributed by atoms with van der Waals surface area (Å²) >= 11 is 7.10. The third-order valence-electron chi connectivity index (χ3n) is 4.08. The zero-order chi connectivity index (χ0) is 20.0. The van der Waals surface area contributed by atoms with E-state index >= 15 is 0 Å². The van der Waals surface area contributed by atoms with Gasteiger partial charge < -0.3 is 5.73 Å². The summed E-state index contributed by atoms with van der Waals surface area (Å²) in [5.74, 6) is -0.473. The summed E-state index contributed by atoms with van der Waals surface area (Å²) in [5.41, 5.74) is 6.04. The molecule has 4 heterocycles. The fourth-order valence-corrected chi connectivity index (χ4v) is 3.80. The Labute approximate surface area is 165 Å². The molecule has 0 aliphatic rings. The molecule has 142 valence electrons. The van der Waals surface area contributed by atoms with Crippen molar-refractivity contribution >= 4 is 39.7 Å². The summed E-state index contributed by atoms with van der Waals surface area (Å²) in [6.07, 6.45) is 1.30. The quantitative estimate of drug-likeness (QED) is 0.539. The molecule has 11 heteroatoms. The standard InChI is InChI=1S/C17H11ClF2N6OS/c1-7-12(14(21)27)16(25-15(23-7)17-24-11(18)6-28-17)26-5-9(13(19)20)8-4-22-3-2-10(8)26/h2-6,13H,1H3,(H2,21,27). The predicted octanol–water partition coefficient (Wildman–Crippen LogP) is 3.94. The molecule has 0 bridgehead atoms. The average Bonchev–Trinajstić information content (AvgIpc) is 3.24. The topological polar surface area (TPSA) is 99.6 Å². The molecule has 0 aliphatic carbocycles. The third-order valence-corrected chi connectivity index (χ3v) is 5.25. The lowest BCUT2D eigenvalue weighted by Gasteiger charge is -2.12. The molecule has 4 aromatic heterocycles. The van der Waals surface area contributed by atoms with Crippen molar-refractivity contribution in [3.8, 4) is 16.6 Å². The molecule has 0 aromatic carbocycles. The van der Waals surface area contributed by atoms with E-state index < -0.39 is 12.3 Å². The van der Waals surface area contributed by atoms with Crippen molar-refractivity contribution in [2.24, 2.45) is 5.73 Å². The highest BCUT2D eigenvalue weighted by Gasteiger charge is 2.24. The predicted molar refractivity (Wildman–Crippen MR) is 101 cm³/mol. The van der Waals surface area contributed by atoms with Gasteiger partial charge in [-0.2, -0.15) is 0 Å². The van der Waals surface area contributed by atoms with Crippen molar-refractivity contribution in [3.63, 3.8) is 0 Å². The first-order valence-corrected chi connectivity index (χ1v) is 9.16. The zero-order valence-corrected chi connectivity index (χ0v) is 15.8. The number of alkyl halides is 2. The molecule has 0 spiro atoms. The highest BCUT2D eigenvalue weighted by molar-refractivity contribution is 7.13. The van der Waals surface area contributed by atoms with Crippen molar-refractivity contribution in [1.82, 2.24) is 24.5 Å². The summed E-state index contributed by atoms with van der Waals surface area (Å²) in [5, 5.41) is 2.57. The molecule has 1 amide bonds. The molecule has 4 rings (SSSR count). The Balaban J connectivity index is 2.05. The third kappa shape index (κ3) is 3.00. The number of amides is 1. The molecule has 0 saturated heterocycles. The molecule has 0 aliphatic heterocycles. The number of fused-ring (bicyclic) bond motifs is 1. The summed E-state index contributed by atoms with van der Waals surface area (Å²) < 4.78 is 28.4. The monoisotopic (exact) mass is 420 g/mol. The summed E-state index contributed by atoms with van der Waals surface area (Å²) in [6.45, 7) is 1.59. The number of pyridine rings is 1. The maximum Gasteiger partial charge on any atom is 0.265 e. The first-order valence-electron chi connectivity index (χ1n) is 7.90. The second kappa shape index (κ2) is 6.88.